The molecule has 2 aromatic rings. The third-order valence-electron chi connectivity index (χ3n) is 5.32. The van der Waals surface area contributed by atoms with Gasteiger partial charge in [-0.15, -0.1) is 0 Å². The summed E-state index contributed by atoms with van der Waals surface area (Å²) in [6.07, 6.45) is 1.66. The molecule has 0 bridgehead atoms. The summed E-state index contributed by atoms with van der Waals surface area (Å²) in [5, 5.41) is 3.58. The molecule has 1 unspecified atom stereocenters. The number of carbonyl (C=O) groups is 1. The quantitative estimate of drug-likeness (QED) is 0.731. The number of aromatic nitrogens is 2. The van der Waals surface area contributed by atoms with Crippen molar-refractivity contribution >= 4 is 29.3 Å². The molecule has 1 aliphatic rings. The van der Waals surface area contributed by atoms with Crippen LogP contribution >= 0.6 is 11.6 Å². The molecule has 2 amide bonds. The first kappa shape index (κ1) is 21.4. The first-order valence-corrected chi connectivity index (χ1v) is 10.4. The smallest absolute Gasteiger partial charge is 0.322 e. The number of amides is 2. The van der Waals surface area contributed by atoms with Crippen molar-refractivity contribution < 1.29 is 4.79 Å². The van der Waals surface area contributed by atoms with Crippen molar-refractivity contribution in [1.29, 1.82) is 0 Å². The molecule has 1 atom stereocenters. The Morgan fingerprint density at radius 1 is 1.21 bits per heavy atom. The summed E-state index contributed by atoms with van der Waals surface area (Å²) in [5.74, 6) is 0.905. The topological polar surface area (TPSA) is 61.4 Å². The number of anilines is 2. The van der Waals surface area contributed by atoms with E-state index in [1.54, 1.807) is 12.3 Å². The van der Waals surface area contributed by atoms with E-state index in [1.165, 1.54) is 0 Å². The number of rotatable bonds is 3. The van der Waals surface area contributed by atoms with Crippen LogP contribution < -0.4 is 10.2 Å². The van der Waals surface area contributed by atoms with Crippen molar-refractivity contribution in [2.75, 3.05) is 29.9 Å². The van der Waals surface area contributed by atoms with E-state index in [1.807, 2.05) is 23.1 Å². The van der Waals surface area contributed by atoms with E-state index in [4.69, 9.17) is 11.6 Å². The highest BCUT2D eigenvalue weighted by Gasteiger charge is 2.34. The number of benzene rings is 1. The van der Waals surface area contributed by atoms with Crippen LogP contribution in [0, 0.1) is 5.92 Å². The third-order valence-corrected chi connectivity index (χ3v) is 5.53. The first-order chi connectivity index (χ1) is 13.7. The number of piperazine rings is 1. The van der Waals surface area contributed by atoms with Crippen molar-refractivity contribution in [3.8, 4) is 0 Å². The SMILES string of the molecule is CC(C)C1CN(c2nccc(Cl)n2)CCN1C(=O)Nc1ccccc1C(C)(C)C. The Labute approximate surface area is 178 Å². The maximum Gasteiger partial charge on any atom is 0.322 e. The summed E-state index contributed by atoms with van der Waals surface area (Å²) in [5.41, 5.74) is 1.94. The summed E-state index contributed by atoms with van der Waals surface area (Å²) in [7, 11) is 0. The normalized spacial score (nSPS) is 17.6. The Balaban J connectivity index is 1.78. The first-order valence-electron chi connectivity index (χ1n) is 10.1. The van der Waals surface area contributed by atoms with E-state index in [0.29, 0.717) is 36.7 Å². The number of nitrogens with one attached hydrogen (secondary N) is 1. The van der Waals surface area contributed by atoms with E-state index >= 15 is 0 Å². The molecular formula is C22H30ClN5O. The van der Waals surface area contributed by atoms with Gasteiger partial charge >= 0.3 is 6.03 Å². The predicted octanol–water partition coefficient (Wildman–Crippen LogP) is 4.81. The Kier molecular flexibility index (Phi) is 6.32. The molecule has 2 heterocycles. The van der Waals surface area contributed by atoms with E-state index in [-0.39, 0.29) is 17.5 Å². The Bertz CT molecular complexity index is 864. The molecule has 29 heavy (non-hydrogen) atoms. The van der Waals surface area contributed by atoms with Gasteiger partial charge in [0, 0.05) is 31.5 Å². The summed E-state index contributed by atoms with van der Waals surface area (Å²) in [6, 6.07) is 9.67. The predicted molar refractivity (Wildman–Crippen MR) is 119 cm³/mol. The van der Waals surface area contributed by atoms with Gasteiger partial charge in [0.15, 0.2) is 0 Å². The minimum atomic E-state index is -0.0629. The summed E-state index contributed by atoms with van der Waals surface area (Å²) >= 11 is 6.03. The van der Waals surface area contributed by atoms with Gasteiger partial charge in [-0.25, -0.2) is 14.8 Å². The molecule has 0 spiro atoms. The van der Waals surface area contributed by atoms with Crippen LogP contribution in [0.15, 0.2) is 36.5 Å². The zero-order valence-electron chi connectivity index (χ0n) is 17.8. The maximum atomic E-state index is 13.2. The monoisotopic (exact) mass is 415 g/mol. The molecular weight excluding hydrogens is 386 g/mol. The van der Waals surface area contributed by atoms with Crippen LogP contribution in [0.25, 0.3) is 0 Å². The molecule has 1 fully saturated rings. The van der Waals surface area contributed by atoms with Gasteiger partial charge in [0.25, 0.3) is 0 Å². The van der Waals surface area contributed by atoms with Crippen LogP contribution in [0.3, 0.4) is 0 Å². The molecule has 7 heteroatoms. The number of urea groups is 1. The largest absolute Gasteiger partial charge is 0.337 e. The molecule has 156 valence electrons. The van der Waals surface area contributed by atoms with Crippen LogP contribution in [0.5, 0.6) is 0 Å². The van der Waals surface area contributed by atoms with E-state index in [9.17, 15) is 4.79 Å². The lowest BCUT2D eigenvalue weighted by Gasteiger charge is -2.43. The zero-order valence-corrected chi connectivity index (χ0v) is 18.6. The summed E-state index contributed by atoms with van der Waals surface area (Å²) in [4.78, 5) is 25.9. The van der Waals surface area contributed by atoms with Gasteiger partial charge in [0.2, 0.25) is 5.95 Å². The molecule has 0 aliphatic carbocycles. The van der Waals surface area contributed by atoms with Crippen LogP contribution in [0.1, 0.15) is 40.2 Å². The van der Waals surface area contributed by atoms with Gasteiger partial charge in [-0.3, -0.25) is 0 Å². The van der Waals surface area contributed by atoms with Gasteiger partial charge in [-0.2, -0.15) is 0 Å². The third kappa shape index (κ3) is 4.99. The number of halogens is 1. The molecule has 0 saturated carbocycles. The fraction of sp³-hybridized carbons (Fsp3) is 0.500. The standard InChI is InChI=1S/C22H30ClN5O/c1-15(2)18-14-27(20-24-11-10-19(23)26-20)12-13-28(18)21(29)25-17-9-7-6-8-16(17)22(3,4)5/h6-11,15,18H,12-14H2,1-5H3,(H,25,29). The lowest BCUT2D eigenvalue weighted by molar-refractivity contribution is 0.156. The molecule has 1 N–H and O–H groups in total. The van der Waals surface area contributed by atoms with Crippen LogP contribution in [0.2, 0.25) is 5.15 Å². The zero-order chi connectivity index (χ0) is 21.2. The van der Waals surface area contributed by atoms with Crippen LogP contribution in [-0.2, 0) is 5.41 Å². The molecule has 0 radical (unpaired) electrons. The minimum absolute atomic E-state index is 0.0492. The number of carbonyl (C=O) groups excluding carboxylic acids is 1. The minimum Gasteiger partial charge on any atom is -0.337 e. The van der Waals surface area contributed by atoms with Gasteiger partial charge in [-0.05, 0) is 29.0 Å². The van der Waals surface area contributed by atoms with Gasteiger partial charge < -0.3 is 15.1 Å². The molecule has 3 rings (SSSR count). The van der Waals surface area contributed by atoms with E-state index < -0.39 is 0 Å². The van der Waals surface area contributed by atoms with Gasteiger partial charge in [-0.1, -0.05) is 64.4 Å². The van der Waals surface area contributed by atoms with Crippen molar-refractivity contribution in [2.24, 2.45) is 5.92 Å². The molecule has 6 nitrogen and oxygen atoms in total. The maximum absolute atomic E-state index is 13.2. The number of hydrogen-bond donors (Lipinski definition) is 1. The average molecular weight is 416 g/mol. The highest BCUT2D eigenvalue weighted by molar-refractivity contribution is 6.29. The Hall–Kier alpha value is -2.34. The second kappa shape index (κ2) is 8.57. The highest BCUT2D eigenvalue weighted by atomic mass is 35.5. The van der Waals surface area contributed by atoms with Crippen LogP contribution in [0.4, 0.5) is 16.4 Å². The van der Waals surface area contributed by atoms with E-state index in [0.717, 1.165) is 11.3 Å². The molecule has 1 aromatic heterocycles. The fourth-order valence-corrected chi connectivity index (χ4v) is 3.86. The van der Waals surface area contributed by atoms with E-state index in [2.05, 4.69) is 60.9 Å². The highest BCUT2D eigenvalue weighted by Crippen LogP contribution is 2.30. The average Bonchev–Trinajstić information content (AvgIpc) is 2.67. The van der Waals surface area contributed by atoms with Gasteiger partial charge in [0.05, 0.1) is 6.04 Å². The lowest BCUT2D eigenvalue weighted by atomic mass is 9.86. The summed E-state index contributed by atoms with van der Waals surface area (Å²) in [6.45, 7) is 12.7. The van der Waals surface area contributed by atoms with Crippen molar-refractivity contribution in [3.63, 3.8) is 0 Å². The van der Waals surface area contributed by atoms with Crippen molar-refractivity contribution in [2.45, 2.75) is 46.1 Å². The second-order valence-corrected chi connectivity index (χ2v) is 9.24. The molecule has 1 aromatic carbocycles. The molecule has 1 saturated heterocycles. The Morgan fingerprint density at radius 2 is 1.93 bits per heavy atom. The fourth-order valence-electron chi connectivity index (χ4n) is 3.73. The number of para-hydroxylation sites is 1. The summed E-state index contributed by atoms with van der Waals surface area (Å²) < 4.78 is 0. The number of hydrogen-bond acceptors (Lipinski definition) is 4. The second-order valence-electron chi connectivity index (χ2n) is 8.86. The Morgan fingerprint density at radius 3 is 2.59 bits per heavy atom. The molecule has 1 aliphatic heterocycles. The van der Waals surface area contributed by atoms with Crippen molar-refractivity contribution in [1.82, 2.24) is 14.9 Å². The van der Waals surface area contributed by atoms with Gasteiger partial charge in [0.1, 0.15) is 5.15 Å². The number of nitrogens with zero attached hydrogens (tertiary/aromatic N) is 4. The van der Waals surface area contributed by atoms with Crippen molar-refractivity contribution in [3.05, 3.63) is 47.2 Å². The lowest BCUT2D eigenvalue weighted by Crippen LogP contribution is -2.58. The van der Waals surface area contributed by atoms with Crippen LogP contribution in [-0.4, -0.2) is 46.6 Å².